The van der Waals surface area contributed by atoms with E-state index in [4.69, 9.17) is 9.84 Å². The molecule has 10 heteroatoms. The number of nitrogens with zero attached hydrogens (tertiary/aromatic N) is 2. The zero-order chi connectivity index (χ0) is 27.9. The summed E-state index contributed by atoms with van der Waals surface area (Å²) >= 11 is 0.998. The van der Waals surface area contributed by atoms with Crippen LogP contribution in [0, 0.1) is 24.2 Å². The van der Waals surface area contributed by atoms with Crippen molar-refractivity contribution in [3.8, 4) is 22.3 Å². The average Bonchev–Trinajstić information content (AvgIpc) is 3.27. The number of anilines is 2. The molecule has 1 saturated carbocycles. The molecule has 0 saturated heterocycles. The molecular weight excluding hydrogens is 518 g/mol. The lowest BCUT2D eigenvalue weighted by Crippen LogP contribution is -2.39. The summed E-state index contributed by atoms with van der Waals surface area (Å²) in [6.07, 6.45) is 5.46. The molecule has 1 aliphatic carbocycles. The topological polar surface area (TPSA) is 140 Å². The molecule has 9 nitrogen and oxygen atoms in total. The molecule has 3 N–H and O–H groups in total. The van der Waals surface area contributed by atoms with Crippen LogP contribution in [0.1, 0.15) is 52.9 Å². The summed E-state index contributed by atoms with van der Waals surface area (Å²) in [4.78, 5) is 38.7. The number of nitriles is 1. The number of amides is 2. The van der Waals surface area contributed by atoms with Crippen molar-refractivity contribution in [2.75, 3.05) is 23.4 Å². The molecule has 39 heavy (non-hydrogen) atoms. The number of thiophene rings is 1. The van der Waals surface area contributed by atoms with Crippen molar-refractivity contribution in [3.63, 3.8) is 0 Å². The maximum atomic E-state index is 13.6. The second-order valence-electron chi connectivity index (χ2n) is 9.45. The fourth-order valence-electron chi connectivity index (χ4n) is 4.84. The highest BCUT2D eigenvalue weighted by atomic mass is 32.1. The molecule has 0 bridgehead atoms. The van der Waals surface area contributed by atoms with Gasteiger partial charge < -0.3 is 20.3 Å². The Kier molecular flexibility index (Phi) is 8.84. The average molecular weight is 548 g/mol. The zero-order valence-electron chi connectivity index (χ0n) is 21.5. The van der Waals surface area contributed by atoms with Gasteiger partial charge in [0, 0.05) is 22.7 Å². The van der Waals surface area contributed by atoms with Gasteiger partial charge in [-0.25, -0.2) is 14.4 Å². The maximum absolute atomic E-state index is 13.6. The minimum absolute atomic E-state index is 0.0280. The van der Waals surface area contributed by atoms with Crippen molar-refractivity contribution in [2.24, 2.45) is 5.92 Å². The Hall–Kier alpha value is -4.36. The van der Waals surface area contributed by atoms with Crippen molar-refractivity contribution in [1.82, 2.24) is 0 Å². The van der Waals surface area contributed by atoms with Crippen molar-refractivity contribution in [2.45, 2.75) is 39.0 Å². The zero-order valence-corrected chi connectivity index (χ0v) is 22.3. The van der Waals surface area contributed by atoms with Crippen molar-refractivity contribution in [3.05, 3.63) is 64.5 Å². The standard InChI is InChI=1S/C29H29N3O6S/c1-18-25(38-17-24(33)34)27(28(35)36)39-26(18)20-11-7-12-22(14-20)32(16-19-8-3-2-4-9-19)29(37)31-23-13-6-5-10-21(23)15-30/h5-7,10-14,19H,2-4,8-9,16-17H2,1H3,(H,31,37)(H,33,34)(H,35,36). The summed E-state index contributed by atoms with van der Waals surface area (Å²) in [5.74, 6) is -2.05. The first-order chi connectivity index (χ1) is 18.8. The molecule has 2 aromatic carbocycles. The van der Waals surface area contributed by atoms with Crippen LogP contribution in [0.15, 0.2) is 48.5 Å². The number of para-hydroxylation sites is 1. The van der Waals surface area contributed by atoms with E-state index in [1.807, 2.05) is 18.2 Å². The van der Waals surface area contributed by atoms with Gasteiger partial charge in [0.25, 0.3) is 0 Å². The van der Waals surface area contributed by atoms with E-state index in [-0.39, 0.29) is 16.7 Å². The Labute approximate surface area is 230 Å². The quantitative estimate of drug-likeness (QED) is 0.282. The number of hydrogen-bond donors (Lipinski definition) is 3. The van der Waals surface area contributed by atoms with Gasteiger partial charge in [0.15, 0.2) is 11.5 Å². The first-order valence-electron chi connectivity index (χ1n) is 12.7. The monoisotopic (exact) mass is 547 g/mol. The first kappa shape index (κ1) is 27.7. The van der Waals surface area contributed by atoms with Gasteiger partial charge in [-0.1, -0.05) is 43.5 Å². The molecule has 3 aromatic rings. The number of carbonyl (C=O) groups is 3. The second-order valence-corrected chi connectivity index (χ2v) is 10.5. The third-order valence-corrected chi connectivity index (χ3v) is 8.06. The molecule has 202 valence electrons. The Morgan fingerprint density at radius 3 is 2.54 bits per heavy atom. The Balaban J connectivity index is 1.70. The number of aliphatic carboxylic acids is 1. The third-order valence-electron chi connectivity index (χ3n) is 6.75. The van der Waals surface area contributed by atoms with Gasteiger partial charge >= 0.3 is 18.0 Å². The number of nitrogens with one attached hydrogen (secondary N) is 1. The smallest absolute Gasteiger partial charge is 0.349 e. The van der Waals surface area contributed by atoms with E-state index in [0.29, 0.717) is 45.4 Å². The van der Waals surface area contributed by atoms with Gasteiger partial charge in [-0.2, -0.15) is 5.26 Å². The van der Waals surface area contributed by atoms with Gasteiger partial charge in [-0.3, -0.25) is 4.90 Å². The normalized spacial score (nSPS) is 13.3. The number of carbonyl (C=O) groups excluding carboxylic acids is 1. The van der Waals surface area contributed by atoms with Crippen LogP contribution in [0.5, 0.6) is 5.75 Å². The third kappa shape index (κ3) is 6.56. The van der Waals surface area contributed by atoms with Gasteiger partial charge in [-0.05, 0) is 55.5 Å². The molecule has 4 rings (SSSR count). The second kappa shape index (κ2) is 12.5. The molecule has 1 aromatic heterocycles. The summed E-state index contributed by atoms with van der Waals surface area (Å²) in [6.45, 7) is 1.53. The summed E-state index contributed by atoms with van der Waals surface area (Å²) in [6, 6.07) is 15.8. The number of ether oxygens (including phenoxy) is 1. The lowest BCUT2D eigenvalue weighted by Gasteiger charge is -2.30. The van der Waals surface area contributed by atoms with Crippen LogP contribution in [0.3, 0.4) is 0 Å². The Bertz CT molecular complexity index is 1420. The maximum Gasteiger partial charge on any atom is 0.349 e. The number of urea groups is 1. The highest BCUT2D eigenvalue weighted by Crippen LogP contribution is 2.42. The molecule has 0 atom stereocenters. The van der Waals surface area contributed by atoms with Crippen molar-refractivity contribution in [1.29, 1.82) is 5.26 Å². The molecule has 0 unspecified atom stereocenters. The van der Waals surface area contributed by atoms with Gasteiger partial charge in [-0.15, -0.1) is 11.3 Å². The summed E-state index contributed by atoms with van der Waals surface area (Å²) in [5.41, 5.74) is 2.61. The summed E-state index contributed by atoms with van der Waals surface area (Å²) in [5, 5.41) is 31.1. The van der Waals surface area contributed by atoms with E-state index in [0.717, 1.165) is 37.0 Å². The van der Waals surface area contributed by atoms with Crippen LogP contribution >= 0.6 is 11.3 Å². The van der Waals surface area contributed by atoms with Gasteiger partial charge in [0.1, 0.15) is 11.8 Å². The molecule has 1 fully saturated rings. The molecule has 1 heterocycles. The molecular formula is C29H29N3O6S. The summed E-state index contributed by atoms with van der Waals surface area (Å²) < 4.78 is 5.33. The van der Waals surface area contributed by atoms with Crippen molar-refractivity contribution >= 4 is 40.7 Å². The number of aromatic carboxylic acids is 1. The first-order valence-corrected chi connectivity index (χ1v) is 13.5. The SMILES string of the molecule is Cc1c(-c2cccc(N(CC3CCCCC3)C(=O)Nc3ccccc3C#N)c2)sc(C(=O)O)c1OCC(=O)O. The number of rotatable bonds is 9. The molecule has 0 spiro atoms. The van der Waals surface area contributed by atoms with E-state index >= 15 is 0 Å². The van der Waals surface area contributed by atoms with Gasteiger partial charge in [0.2, 0.25) is 0 Å². The van der Waals surface area contributed by atoms with E-state index < -0.39 is 18.5 Å². The van der Waals surface area contributed by atoms with E-state index in [1.165, 1.54) is 6.42 Å². The van der Waals surface area contributed by atoms with Crippen LogP contribution in [0.25, 0.3) is 10.4 Å². The fraction of sp³-hybridized carbons (Fsp3) is 0.310. The molecule has 1 aliphatic rings. The fourth-order valence-corrected chi connectivity index (χ4v) is 5.93. The van der Waals surface area contributed by atoms with Gasteiger partial charge in [0.05, 0.1) is 11.3 Å². The van der Waals surface area contributed by atoms with Crippen LogP contribution in [0.4, 0.5) is 16.2 Å². The van der Waals surface area contributed by atoms with E-state index in [9.17, 15) is 24.8 Å². The Morgan fingerprint density at radius 1 is 1.10 bits per heavy atom. The molecule has 0 aliphatic heterocycles. The lowest BCUT2D eigenvalue weighted by molar-refractivity contribution is -0.139. The lowest BCUT2D eigenvalue weighted by atomic mass is 9.89. The predicted molar refractivity (Wildman–Crippen MR) is 149 cm³/mol. The molecule has 2 amide bonds. The van der Waals surface area contributed by atoms with Crippen LogP contribution in [0.2, 0.25) is 0 Å². The minimum atomic E-state index is -1.21. The van der Waals surface area contributed by atoms with Crippen molar-refractivity contribution < 1.29 is 29.3 Å². The van der Waals surface area contributed by atoms with Crippen LogP contribution in [-0.2, 0) is 4.79 Å². The van der Waals surface area contributed by atoms with Crippen LogP contribution in [-0.4, -0.2) is 41.3 Å². The highest BCUT2D eigenvalue weighted by molar-refractivity contribution is 7.18. The largest absolute Gasteiger partial charge is 0.480 e. The van der Waals surface area contributed by atoms with Crippen LogP contribution < -0.4 is 15.0 Å². The number of hydrogen-bond acceptors (Lipinski definition) is 6. The minimum Gasteiger partial charge on any atom is -0.480 e. The highest BCUT2D eigenvalue weighted by Gasteiger charge is 2.26. The van der Waals surface area contributed by atoms with E-state index in [1.54, 1.807) is 42.2 Å². The number of benzene rings is 2. The number of carboxylic acids is 2. The molecule has 0 radical (unpaired) electrons. The Morgan fingerprint density at radius 2 is 1.85 bits per heavy atom. The number of carboxylic acid groups (broad SMARTS) is 2. The van der Waals surface area contributed by atoms with E-state index in [2.05, 4.69) is 11.4 Å². The summed E-state index contributed by atoms with van der Waals surface area (Å²) in [7, 11) is 0. The predicted octanol–water partition coefficient (Wildman–Crippen LogP) is 6.38.